The highest BCUT2D eigenvalue weighted by atomic mass is 32.2. The lowest BCUT2D eigenvalue weighted by Gasteiger charge is -2.03. The molecule has 0 aliphatic rings. The third-order valence-electron chi connectivity index (χ3n) is 1.49. The fraction of sp³-hybridized carbons (Fsp3) is 0.111. The number of amides is 1. The van der Waals surface area contributed by atoms with Gasteiger partial charge in [-0.1, -0.05) is 12.1 Å². The number of thioether (sulfide) groups is 2. The zero-order valence-electron chi connectivity index (χ0n) is 7.27. The molecule has 0 fully saturated rings. The summed E-state index contributed by atoms with van der Waals surface area (Å²) in [5.74, 6) is -0.435. The van der Waals surface area contributed by atoms with Crippen LogP contribution in [-0.4, -0.2) is 11.0 Å². The number of thiocyanates is 1. The third kappa shape index (κ3) is 2.98. The molecule has 0 aliphatic heterocycles. The Bertz CT molecular complexity index is 373. The van der Waals surface area contributed by atoms with Gasteiger partial charge in [0.2, 0.25) is 5.91 Å². The van der Waals surface area contributed by atoms with Crippen LogP contribution in [-0.2, 0) is 0 Å². The number of nitrogens with two attached hydrogens (primary N) is 1. The molecule has 0 heterocycles. The minimum absolute atomic E-state index is 0.435. The van der Waals surface area contributed by atoms with Crippen LogP contribution < -0.4 is 5.73 Å². The normalized spacial score (nSPS) is 9.36. The molecule has 3 nitrogen and oxygen atoms in total. The first-order valence-corrected chi connectivity index (χ1v) is 5.75. The SMILES string of the molecule is N#CSCSc1ccccc1C(N)=O. The maximum atomic E-state index is 11.0. The summed E-state index contributed by atoms with van der Waals surface area (Å²) in [5, 5.41) is 10.9. The van der Waals surface area contributed by atoms with Crippen molar-refractivity contribution in [1.82, 2.24) is 0 Å². The summed E-state index contributed by atoms with van der Waals surface area (Å²) in [7, 11) is 0. The molecule has 0 saturated heterocycles. The Hall–Kier alpha value is -1.12. The van der Waals surface area contributed by atoms with Crippen LogP contribution in [0.2, 0.25) is 0 Å². The van der Waals surface area contributed by atoms with Crippen LogP contribution in [0.3, 0.4) is 0 Å². The number of hydrogen-bond acceptors (Lipinski definition) is 4. The number of benzene rings is 1. The van der Waals surface area contributed by atoms with Gasteiger partial charge >= 0.3 is 0 Å². The van der Waals surface area contributed by atoms with Gasteiger partial charge in [0.15, 0.2) is 0 Å². The van der Waals surface area contributed by atoms with Gasteiger partial charge in [0.25, 0.3) is 0 Å². The van der Waals surface area contributed by atoms with Crippen LogP contribution in [0.1, 0.15) is 10.4 Å². The topological polar surface area (TPSA) is 66.9 Å². The first kappa shape index (κ1) is 11.0. The molecular weight excluding hydrogens is 216 g/mol. The predicted octanol–water partition coefficient (Wildman–Crippen LogP) is 2.05. The highest BCUT2D eigenvalue weighted by Gasteiger charge is 2.06. The third-order valence-corrected chi connectivity index (χ3v) is 3.23. The standard InChI is InChI=1S/C9H8N2OS2/c10-5-13-6-14-8-4-2-1-3-7(8)9(11)12/h1-4H,6H2,(H2,11,12). The van der Waals surface area contributed by atoms with Crippen molar-refractivity contribution in [3.8, 4) is 5.40 Å². The van der Waals surface area contributed by atoms with Crippen LogP contribution >= 0.6 is 23.5 Å². The second kappa shape index (κ2) is 5.58. The first-order chi connectivity index (χ1) is 6.75. The van der Waals surface area contributed by atoms with Crippen LogP contribution in [0.5, 0.6) is 0 Å². The number of hydrogen-bond donors (Lipinski definition) is 1. The van der Waals surface area contributed by atoms with Crippen LogP contribution in [0.4, 0.5) is 0 Å². The maximum absolute atomic E-state index is 11.0. The van der Waals surface area contributed by atoms with Gasteiger partial charge in [-0.2, -0.15) is 5.26 Å². The summed E-state index contributed by atoms with van der Waals surface area (Å²) in [6.45, 7) is 0. The van der Waals surface area contributed by atoms with Gasteiger partial charge in [-0.25, -0.2) is 0 Å². The van der Waals surface area contributed by atoms with Crippen molar-refractivity contribution in [2.24, 2.45) is 5.73 Å². The van der Waals surface area contributed by atoms with Crippen LogP contribution in [0, 0.1) is 10.7 Å². The van der Waals surface area contributed by atoms with Crippen molar-refractivity contribution in [2.75, 3.05) is 5.08 Å². The number of primary amides is 1. The Morgan fingerprint density at radius 3 is 2.86 bits per heavy atom. The molecule has 5 heteroatoms. The Balaban J connectivity index is 2.75. The smallest absolute Gasteiger partial charge is 0.249 e. The van der Waals surface area contributed by atoms with Crippen LogP contribution in [0.15, 0.2) is 29.2 Å². The van der Waals surface area contributed by atoms with Gasteiger partial charge in [0.1, 0.15) is 5.40 Å². The molecule has 1 aromatic rings. The number of nitriles is 1. The van der Waals surface area contributed by atoms with E-state index in [9.17, 15) is 4.79 Å². The van der Waals surface area contributed by atoms with E-state index in [-0.39, 0.29) is 0 Å². The summed E-state index contributed by atoms with van der Waals surface area (Å²) in [6, 6.07) is 7.11. The van der Waals surface area contributed by atoms with Crippen molar-refractivity contribution in [3.05, 3.63) is 29.8 Å². The molecule has 72 valence electrons. The highest BCUT2D eigenvalue weighted by Crippen LogP contribution is 2.25. The molecule has 0 aliphatic carbocycles. The van der Waals surface area contributed by atoms with E-state index in [1.165, 1.54) is 11.8 Å². The Morgan fingerprint density at radius 1 is 1.50 bits per heavy atom. The van der Waals surface area contributed by atoms with Crippen LogP contribution in [0.25, 0.3) is 0 Å². The number of carbonyl (C=O) groups excluding carboxylic acids is 1. The highest BCUT2D eigenvalue weighted by molar-refractivity contribution is 8.18. The zero-order valence-corrected chi connectivity index (χ0v) is 8.90. The average molecular weight is 224 g/mol. The van der Waals surface area contributed by atoms with Gasteiger partial charge in [0, 0.05) is 4.90 Å². The molecule has 0 unspecified atom stereocenters. The Labute approximate surface area is 90.7 Å². The van der Waals surface area contributed by atoms with E-state index < -0.39 is 5.91 Å². The van der Waals surface area contributed by atoms with E-state index in [1.807, 2.05) is 17.5 Å². The van der Waals surface area contributed by atoms with Crippen molar-refractivity contribution < 1.29 is 4.79 Å². The minimum atomic E-state index is -0.435. The summed E-state index contributed by atoms with van der Waals surface area (Å²) < 4.78 is 0. The summed E-state index contributed by atoms with van der Waals surface area (Å²) >= 11 is 2.58. The molecule has 0 aromatic heterocycles. The average Bonchev–Trinajstić information content (AvgIpc) is 2.19. The number of carbonyl (C=O) groups is 1. The quantitative estimate of drug-likeness (QED) is 0.368. The molecule has 1 aromatic carbocycles. The lowest BCUT2D eigenvalue weighted by atomic mass is 10.2. The predicted molar refractivity (Wildman–Crippen MR) is 58.9 cm³/mol. The lowest BCUT2D eigenvalue weighted by molar-refractivity contribution is 0.0997. The molecule has 0 bridgehead atoms. The zero-order chi connectivity index (χ0) is 10.4. The van der Waals surface area contributed by atoms with Gasteiger partial charge in [-0.15, -0.1) is 11.8 Å². The van der Waals surface area contributed by atoms with Crippen molar-refractivity contribution in [1.29, 1.82) is 5.26 Å². The molecule has 0 atom stereocenters. The van der Waals surface area contributed by atoms with Crippen molar-refractivity contribution >= 4 is 29.4 Å². The Kier molecular flexibility index (Phi) is 4.36. The van der Waals surface area contributed by atoms with Gasteiger partial charge in [0.05, 0.1) is 10.6 Å². The molecule has 0 radical (unpaired) electrons. The molecule has 14 heavy (non-hydrogen) atoms. The molecule has 2 N–H and O–H groups in total. The molecule has 1 amide bonds. The van der Waals surface area contributed by atoms with Crippen molar-refractivity contribution in [3.63, 3.8) is 0 Å². The van der Waals surface area contributed by atoms with E-state index in [1.54, 1.807) is 12.1 Å². The summed E-state index contributed by atoms with van der Waals surface area (Å²) in [4.78, 5) is 11.8. The van der Waals surface area contributed by atoms with Gasteiger partial charge in [-0.3, -0.25) is 4.79 Å². The minimum Gasteiger partial charge on any atom is -0.366 e. The summed E-state index contributed by atoms with van der Waals surface area (Å²) in [5.41, 5.74) is 5.70. The Morgan fingerprint density at radius 2 is 2.21 bits per heavy atom. The molecule has 0 saturated carbocycles. The van der Waals surface area contributed by atoms with Crippen molar-refractivity contribution in [2.45, 2.75) is 4.90 Å². The van der Waals surface area contributed by atoms with E-state index in [4.69, 9.17) is 11.0 Å². The largest absolute Gasteiger partial charge is 0.366 e. The maximum Gasteiger partial charge on any atom is 0.249 e. The van der Waals surface area contributed by atoms with Gasteiger partial charge < -0.3 is 5.73 Å². The number of nitrogens with zero attached hydrogens (tertiary/aromatic N) is 1. The second-order valence-corrected chi connectivity index (χ2v) is 4.50. The summed E-state index contributed by atoms with van der Waals surface area (Å²) in [6.07, 6.45) is 0. The molecule has 0 spiro atoms. The van der Waals surface area contributed by atoms with E-state index in [0.717, 1.165) is 16.7 Å². The fourth-order valence-corrected chi connectivity index (χ4v) is 2.37. The van der Waals surface area contributed by atoms with E-state index in [2.05, 4.69) is 0 Å². The first-order valence-electron chi connectivity index (χ1n) is 3.78. The van der Waals surface area contributed by atoms with Gasteiger partial charge in [-0.05, 0) is 23.9 Å². The fourth-order valence-electron chi connectivity index (χ4n) is 0.915. The molecular formula is C9H8N2OS2. The molecule has 1 rings (SSSR count). The lowest BCUT2D eigenvalue weighted by Crippen LogP contribution is -2.11. The van der Waals surface area contributed by atoms with E-state index in [0.29, 0.717) is 10.6 Å². The number of rotatable bonds is 4. The monoisotopic (exact) mass is 224 g/mol. The second-order valence-electron chi connectivity index (χ2n) is 2.36. The van der Waals surface area contributed by atoms with E-state index >= 15 is 0 Å².